The molecule has 6 atom stereocenters. The minimum atomic E-state index is -1.78. The first-order valence-electron chi connectivity index (χ1n) is 13.4. The number of carbonyl (C=O) groups is 1. The second-order valence-electron chi connectivity index (χ2n) is 12.0. The predicted octanol–water partition coefficient (Wildman–Crippen LogP) is 4.18. The summed E-state index contributed by atoms with van der Waals surface area (Å²) >= 11 is 0. The van der Waals surface area contributed by atoms with Crippen LogP contribution in [0.25, 0.3) is 4.85 Å². The van der Waals surface area contributed by atoms with Gasteiger partial charge in [0, 0.05) is 0 Å². The Balaban J connectivity index is 1.47. The molecule has 6 fully saturated rings. The fraction of sp³-hybridized carbons (Fsp3) is 0.920. The normalized spacial score (nSPS) is 41.4. The van der Waals surface area contributed by atoms with Crippen molar-refractivity contribution in [2.24, 2.45) is 23.2 Å². The third kappa shape index (κ3) is 3.87. The van der Waals surface area contributed by atoms with Crippen molar-refractivity contribution in [3.05, 3.63) is 11.4 Å². The minimum absolute atomic E-state index is 0.0879. The summed E-state index contributed by atoms with van der Waals surface area (Å²) in [6.07, 6.45) is 8.35. The molecule has 0 aromatic heterocycles. The molecule has 8 heteroatoms. The molecule has 1 N–H and O–H groups in total. The number of piperidine rings is 1. The number of rotatable bonds is 10. The summed E-state index contributed by atoms with van der Waals surface area (Å²) < 4.78 is 18.7. The molecule has 6 rings (SSSR count). The first kappa shape index (κ1) is 23.7. The second kappa shape index (κ2) is 8.57. The molecule has 0 aromatic rings. The number of nitrogens with one attached hydrogen (secondary N) is 1. The molecule has 1 saturated heterocycles. The molecule has 4 bridgehead atoms. The van der Waals surface area contributed by atoms with Gasteiger partial charge in [-0.2, -0.15) is 0 Å². The molecule has 5 aliphatic carbocycles. The fourth-order valence-corrected chi connectivity index (χ4v) is 12.0. The number of likely N-dealkylation sites (tertiary alicyclic amines) is 1. The molecular formula is C25H40BN3O3Si. The molecule has 0 spiro atoms. The molecule has 33 heavy (non-hydrogen) atoms. The van der Waals surface area contributed by atoms with Crippen molar-refractivity contribution in [2.45, 2.75) is 114 Å². The van der Waals surface area contributed by atoms with E-state index < -0.39 is 8.32 Å². The van der Waals surface area contributed by atoms with Gasteiger partial charge in [0.15, 0.2) is 0 Å². The second-order valence-corrected chi connectivity index (χ2v) is 16.7. The fourth-order valence-electron chi connectivity index (χ4n) is 8.87. The number of amides is 1. The molecule has 5 unspecified atom stereocenters. The van der Waals surface area contributed by atoms with Gasteiger partial charge >= 0.3 is 201 Å². The van der Waals surface area contributed by atoms with Gasteiger partial charge in [0.25, 0.3) is 0 Å². The van der Waals surface area contributed by atoms with Crippen molar-refractivity contribution >= 4 is 21.4 Å². The van der Waals surface area contributed by atoms with Crippen LogP contribution in [0.15, 0.2) is 0 Å². The molecule has 6 aliphatic rings. The van der Waals surface area contributed by atoms with Crippen LogP contribution in [0.4, 0.5) is 0 Å². The van der Waals surface area contributed by atoms with Gasteiger partial charge in [-0.15, -0.1) is 0 Å². The summed E-state index contributed by atoms with van der Waals surface area (Å²) in [7, 11) is -0.900. The van der Waals surface area contributed by atoms with Gasteiger partial charge in [0.05, 0.1) is 0 Å². The van der Waals surface area contributed by atoms with Gasteiger partial charge < -0.3 is 0 Å². The Bertz CT molecular complexity index is 821. The number of hydrogen-bond donors (Lipinski definition) is 1. The van der Waals surface area contributed by atoms with Gasteiger partial charge in [0.2, 0.25) is 0 Å². The van der Waals surface area contributed by atoms with Crippen molar-refractivity contribution in [1.82, 2.24) is 10.2 Å². The van der Waals surface area contributed by atoms with E-state index in [1.807, 2.05) is 4.90 Å². The summed E-state index contributed by atoms with van der Waals surface area (Å²) in [6, 6.07) is 3.33. The van der Waals surface area contributed by atoms with Gasteiger partial charge in [0.1, 0.15) is 0 Å². The van der Waals surface area contributed by atoms with Crippen molar-refractivity contribution in [1.29, 1.82) is 0 Å². The third-order valence-electron chi connectivity index (χ3n) is 10.2. The van der Waals surface area contributed by atoms with E-state index in [-0.39, 0.29) is 41.6 Å². The Hall–Kier alpha value is -1.04. The van der Waals surface area contributed by atoms with Crippen LogP contribution in [0.3, 0.4) is 0 Å². The van der Waals surface area contributed by atoms with Crippen LogP contribution < -0.4 is 5.32 Å². The zero-order chi connectivity index (χ0) is 23.4. The van der Waals surface area contributed by atoms with E-state index in [1.54, 1.807) is 0 Å². The molecular weight excluding hydrogens is 429 g/mol. The van der Waals surface area contributed by atoms with Gasteiger partial charge in [-0.05, 0) is 0 Å². The van der Waals surface area contributed by atoms with Gasteiger partial charge in [-0.25, -0.2) is 0 Å². The third-order valence-corrected chi connectivity index (χ3v) is 14.9. The van der Waals surface area contributed by atoms with Crippen LogP contribution in [0.1, 0.15) is 72.1 Å². The summed E-state index contributed by atoms with van der Waals surface area (Å²) in [5, 5.41) is 3.40. The van der Waals surface area contributed by atoms with E-state index in [9.17, 15) is 9.50 Å². The van der Waals surface area contributed by atoms with Crippen LogP contribution in [-0.4, -0.2) is 56.6 Å². The topological polar surface area (TPSA) is 63.0 Å². The number of carbonyl (C=O) groups excluding carboxylic acids is 1. The Morgan fingerprint density at radius 3 is 2.39 bits per heavy atom. The molecule has 1 amide bonds. The summed E-state index contributed by atoms with van der Waals surface area (Å²) in [5.41, 5.74) is -0.245. The standard InChI is InChI=1S/C25H40BN3O3Si/c1-5-33(6-2,7-3)32-25-13-17-8-18(14-25)12-24(11-17,15-25)22(28-16-26-31)23(30)29-20-9-19(20)10-21(29)27-4/h17-22,28H,5-16H2,1-3H3/t17?,18?,19?,20?,21?,22-,24?,25?/m1/s1. The van der Waals surface area contributed by atoms with E-state index in [1.165, 1.54) is 6.42 Å². The molecule has 5 saturated carbocycles. The van der Waals surface area contributed by atoms with E-state index in [2.05, 4.69) is 30.9 Å². The predicted molar refractivity (Wildman–Crippen MR) is 130 cm³/mol. The maximum absolute atomic E-state index is 14.1. The van der Waals surface area contributed by atoms with Crippen LogP contribution in [0.5, 0.6) is 0 Å². The van der Waals surface area contributed by atoms with Crippen LogP contribution in [0.2, 0.25) is 18.1 Å². The Labute approximate surface area is 200 Å². The Morgan fingerprint density at radius 1 is 1.15 bits per heavy atom. The molecule has 180 valence electrons. The van der Waals surface area contributed by atoms with Gasteiger partial charge in [-0.1, -0.05) is 0 Å². The molecule has 0 radical (unpaired) electrons. The zero-order valence-corrected chi connectivity index (χ0v) is 21.6. The number of nitrogens with zero attached hydrogens (tertiary/aromatic N) is 2. The summed E-state index contributed by atoms with van der Waals surface area (Å²) in [6.45, 7) is 14.6. The van der Waals surface area contributed by atoms with Gasteiger partial charge in [-0.3, -0.25) is 0 Å². The first-order chi connectivity index (χ1) is 15.9. The quantitative estimate of drug-likeness (QED) is 0.385. The summed E-state index contributed by atoms with van der Waals surface area (Å²) in [4.78, 5) is 19.8. The van der Waals surface area contributed by atoms with E-state index in [0.717, 1.165) is 70.2 Å². The number of fused-ring (bicyclic) bond motifs is 1. The van der Waals surface area contributed by atoms with Crippen molar-refractivity contribution in [2.75, 3.05) is 6.44 Å². The monoisotopic (exact) mass is 469 g/mol. The molecule has 0 aromatic carbocycles. The van der Waals surface area contributed by atoms with Crippen molar-refractivity contribution < 1.29 is 13.9 Å². The maximum atomic E-state index is 14.1. The molecule has 6 nitrogen and oxygen atoms in total. The van der Waals surface area contributed by atoms with Crippen molar-refractivity contribution in [3.63, 3.8) is 0 Å². The first-order valence-corrected chi connectivity index (χ1v) is 15.9. The van der Waals surface area contributed by atoms with E-state index >= 15 is 0 Å². The average Bonchev–Trinajstić information content (AvgIpc) is 3.46. The molecule has 1 aliphatic heterocycles. The van der Waals surface area contributed by atoms with Crippen LogP contribution in [-0.2, 0) is 13.9 Å². The van der Waals surface area contributed by atoms with Crippen LogP contribution >= 0.6 is 0 Å². The summed E-state index contributed by atoms with van der Waals surface area (Å²) in [5.74, 6) is 1.82. The average molecular weight is 470 g/mol. The molecule has 1 heterocycles. The van der Waals surface area contributed by atoms with Crippen LogP contribution in [0, 0.1) is 29.7 Å². The zero-order valence-electron chi connectivity index (χ0n) is 20.6. The van der Waals surface area contributed by atoms with Crippen molar-refractivity contribution in [3.8, 4) is 0 Å². The number of hydrogen-bond acceptors (Lipinski definition) is 4. The Morgan fingerprint density at radius 2 is 1.82 bits per heavy atom. The SMILES string of the molecule is [C-]#[N+]C1CC2CC2N1C(=O)[C@@H](NCB=O)C12CC3CC(CC(O[Si](CC)(CC)CC)(C3)C1)C2. The van der Waals surface area contributed by atoms with E-state index in [4.69, 9.17) is 11.0 Å². The van der Waals surface area contributed by atoms with E-state index in [0.29, 0.717) is 17.8 Å². The Kier molecular flexibility index (Phi) is 6.15.